The molecule has 0 amide bonds. The molecule has 1 saturated carbocycles. The Hall–Kier alpha value is -0.120. The van der Waals surface area contributed by atoms with E-state index in [2.05, 4.69) is 13.8 Å². The first-order chi connectivity index (χ1) is 8.17. The van der Waals surface area contributed by atoms with Gasteiger partial charge in [0.05, 0.1) is 12.2 Å². The van der Waals surface area contributed by atoms with Gasteiger partial charge in [0.25, 0.3) is 0 Å². The summed E-state index contributed by atoms with van der Waals surface area (Å²) in [5.74, 6) is 1.65. The summed E-state index contributed by atoms with van der Waals surface area (Å²) < 4.78 is 11.5. The third-order valence-corrected chi connectivity index (χ3v) is 4.01. The summed E-state index contributed by atoms with van der Waals surface area (Å²) in [6.07, 6.45) is 5.28. The molecule has 0 bridgehead atoms. The van der Waals surface area contributed by atoms with Crippen molar-refractivity contribution in [1.82, 2.24) is 0 Å². The second-order valence-electron chi connectivity index (χ2n) is 5.36. The fourth-order valence-corrected chi connectivity index (χ4v) is 2.52. The Balaban J connectivity index is 2.14. The Kier molecular flexibility index (Phi) is 7.09. The SMILES string of the molecule is CCOC(CN)CCOC1CCC(C)C(C)C1. The molecule has 1 fully saturated rings. The molecule has 17 heavy (non-hydrogen) atoms. The van der Waals surface area contributed by atoms with Gasteiger partial charge in [-0.2, -0.15) is 0 Å². The Bertz CT molecular complexity index is 199. The van der Waals surface area contributed by atoms with Crippen LogP contribution in [0.5, 0.6) is 0 Å². The molecule has 1 aliphatic carbocycles. The zero-order chi connectivity index (χ0) is 12.7. The van der Waals surface area contributed by atoms with Crippen LogP contribution in [0, 0.1) is 11.8 Å². The van der Waals surface area contributed by atoms with Crippen molar-refractivity contribution in [1.29, 1.82) is 0 Å². The van der Waals surface area contributed by atoms with E-state index in [9.17, 15) is 0 Å². The largest absolute Gasteiger partial charge is 0.378 e. The van der Waals surface area contributed by atoms with Gasteiger partial charge in [-0.1, -0.05) is 13.8 Å². The average Bonchev–Trinajstić information content (AvgIpc) is 2.32. The van der Waals surface area contributed by atoms with Gasteiger partial charge in [0.2, 0.25) is 0 Å². The second-order valence-corrected chi connectivity index (χ2v) is 5.36. The van der Waals surface area contributed by atoms with Crippen LogP contribution in [-0.2, 0) is 9.47 Å². The molecule has 102 valence electrons. The maximum atomic E-state index is 5.94. The van der Waals surface area contributed by atoms with E-state index < -0.39 is 0 Å². The fourth-order valence-electron chi connectivity index (χ4n) is 2.52. The maximum absolute atomic E-state index is 5.94. The van der Waals surface area contributed by atoms with Gasteiger partial charge < -0.3 is 15.2 Å². The summed E-state index contributed by atoms with van der Waals surface area (Å²) in [7, 11) is 0. The van der Waals surface area contributed by atoms with Crippen LogP contribution in [0.2, 0.25) is 0 Å². The summed E-state index contributed by atoms with van der Waals surface area (Å²) >= 11 is 0. The molecule has 3 nitrogen and oxygen atoms in total. The fraction of sp³-hybridized carbons (Fsp3) is 1.00. The molecule has 2 N–H and O–H groups in total. The van der Waals surface area contributed by atoms with E-state index in [0.717, 1.165) is 31.5 Å². The van der Waals surface area contributed by atoms with E-state index in [-0.39, 0.29) is 6.10 Å². The summed E-state index contributed by atoms with van der Waals surface area (Å²) in [4.78, 5) is 0. The normalized spacial score (nSPS) is 31.4. The Morgan fingerprint density at radius 3 is 2.59 bits per heavy atom. The van der Waals surface area contributed by atoms with E-state index in [1.54, 1.807) is 0 Å². The van der Waals surface area contributed by atoms with Crippen molar-refractivity contribution < 1.29 is 9.47 Å². The molecule has 0 saturated heterocycles. The summed E-state index contributed by atoms with van der Waals surface area (Å²) in [5.41, 5.74) is 5.64. The molecule has 4 atom stereocenters. The molecule has 0 heterocycles. The van der Waals surface area contributed by atoms with E-state index in [0.29, 0.717) is 12.6 Å². The molecule has 1 aliphatic rings. The number of nitrogens with two attached hydrogens (primary N) is 1. The van der Waals surface area contributed by atoms with E-state index in [4.69, 9.17) is 15.2 Å². The van der Waals surface area contributed by atoms with Gasteiger partial charge in [0.15, 0.2) is 0 Å². The molecule has 0 aliphatic heterocycles. The zero-order valence-electron chi connectivity index (χ0n) is 11.7. The van der Waals surface area contributed by atoms with E-state index in [1.165, 1.54) is 19.3 Å². The van der Waals surface area contributed by atoms with Crippen LogP contribution in [0.1, 0.15) is 46.5 Å². The maximum Gasteiger partial charge on any atom is 0.0719 e. The lowest BCUT2D eigenvalue weighted by Gasteiger charge is -2.32. The topological polar surface area (TPSA) is 44.5 Å². The van der Waals surface area contributed by atoms with Crippen LogP contribution in [0.3, 0.4) is 0 Å². The molecule has 1 rings (SSSR count). The molecule has 0 aromatic carbocycles. The first-order valence-corrected chi connectivity index (χ1v) is 7.10. The number of ether oxygens (including phenoxy) is 2. The molecule has 0 aromatic heterocycles. The van der Waals surface area contributed by atoms with Crippen LogP contribution in [0.15, 0.2) is 0 Å². The van der Waals surface area contributed by atoms with Crippen molar-refractivity contribution in [2.45, 2.75) is 58.7 Å². The van der Waals surface area contributed by atoms with E-state index in [1.807, 2.05) is 6.92 Å². The molecule has 3 heteroatoms. The Morgan fingerprint density at radius 1 is 1.24 bits per heavy atom. The van der Waals surface area contributed by atoms with Gasteiger partial charge in [-0.15, -0.1) is 0 Å². The standard InChI is InChI=1S/C14H29NO2/c1-4-16-14(10-15)7-8-17-13-6-5-11(2)12(3)9-13/h11-14H,4-10,15H2,1-3H3. The van der Waals surface area contributed by atoms with Crippen molar-refractivity contribution in [2.75, 3.05) is 19.8 Å². The molecule has 0 radical (unpaired) electrons. The summed E-state index contributed by atoms with van der Waals surface area (Å²) in [5, 5.41) is 0. The lowest BCUT2D eigenvalue weighted by Crippen LogP contribution is -2.29. The van der Waals surface area contributed by atoms with Crippen molar-refractivity contribution in [3.05, 3.63) is 0 Å². The van der Waals surface area contributed by atoms with Crippen LogP contribution >= 0.6 is 0 Å². The number of hydrogen-bond acceptors (Lipinski definition) is 3. The zero-order valence-corrected chi connectivity index (χ0v) is 11.7. The van der Waals surface area contributed by atoms with Gasteiger partial charge in [-0.3, -0.25) is 0 Å². The van der Waals surface area contributed by atoms with Crippen molar-refractivity contribution >= 4 is 0 Å². The van der Waals surface area contributed by atoms with Gasteiger partial charge >= 0.3 is 0 Å². The Morgan fingerprint density at radius 2 is 2.00 bits per heavy atom. The summed E-state index contributed by atoms with van der Waals surface area (Å²) in [6.45, 7) is 8.81. The first-order valence-electron chi connectivity index (χ1n) is 7.10. The molecule has 0 aromatic rings. The van der Waals surface area contributed by atoms with Crippen molar-refractivity contribution in [3.8, 4) is 0 Å². The van der Waals surface area contributed by atoms with Gasteiger partial charge in [-0.25, -0.2) is 0 Å². The molecular formula is C14H29NO2. The Labute approximate surface area is 106 Å². The smallest absolute Gasteiger partial charge is 0.0719 e. The third-order valence-electron chi connectivity index (χ3n) is 4.01. The lowest BCUT2D eigenvalue weighted by atomic mass is 9.80. The highest BCUT2D eigenvalue weighted by Gasteiger charge is 2.24. The summed E-state index contributed by atoms with van der Waals surface area (Å²) in [6, 6.07) is 0. The van der Waals surface area contributed by atoms with Gasteiger partial charge in [-0.05, 0) is 44.4 Å². The van der Waals surface area contributed by atoms with Crippen molar-refractivity contribution in [3.63, 3.8) is 0 Å². The molecule has 0 spiro atoms. The minimum atomic E-state index is 0.167. The minimum Gasteiger partial charge on any atom is -0.378 e. The van der Waals surface area contributed by atoms with Crippen LogP contribution in [0.25, 0.3) is 0 Å². The van der Waals surface area contributed by atoms with E-state index >= 15 is 0 Å². The average molecular weight is 243 g/mol. The molecular weight excluding hydrogens is 214 g/mol. The highest BCUT2D eigenvalue weighted by molar-refractivity contribution is 4.75. The third kappa shape index (κ3) is 5.36. The predicted molar refractivity (Wildman–Crippen MR) is 71.0 cm³/mol. The second kappa shape index (κ2) is 8.06. The lowest BCUT2D eigenvalue weighted by molar-refractivity contribution is -0.0216. The highest BCUT2D eigenvalue weighted by atomic mass is 16.5. The van der Waals surface area contributed by atoms with Crippen LogP contribution in [0.4, 0.5) is 0 Å². The van der Waals surface area contributed by atoms with Gasteiger partial charge in [0, 0.05) is 19.8 Å². The van der Waals surface area contributed by atoms with Crippen LogP contribution < -0.4 is 5.73 Å². The molecule has 4 unspecified atom stereocenters. The monoisotopic (exact) mass is 243 g/mol. The number of hydrogen-bond donors (Lipinski definition) is 1. The van der Waals surface area contributed by atoms with Crippen LogP contribution in [-0.4, -0.2) is 32.0 Å². The number of rotatable bonds is 7. The first kappa shape index (κ1) is 14.9. The predicted octanol–water partition coefficient (Wildman–Crippen LogP) is 2.58. The minimum absolute atomic E-state index is 0.167. The quantitative estimate of drug-likeness (QED) is 0.747. The van der Waals surface area contributed by atoms with Crippen molar-refractivity contribution in [2.24, 2.45) is 17.6 Å². The van der Waals surface area contributed by atoms with Gasteiger partial charge in [0.1, 0.15) is 0 Å². The highest BCUT2D eigenvalue weighted by Crippen LogP contribution is 2.30.